The van der Waals surface area contributed by atoms with Crippen LogP contribution in [0.4, 0.5) is 5.13 Å². The van der Waals surface area contributed by atoms with Crippen molar-refractivity contribution in [2.45, 2.75) is 19.4 Å². The van der Waals surface area contributed by atoms with E-state index in [1.54, 1.807) is 48.5 Å². The first-order chi connectivity index (χ1) is 16.0. The highest BCUT2D eigenvalue weighted by Gasteiger charge is 2.45. The summed E-state index contributed by atoms with van der Waals surface area (Å²) in [5.74, 6) is -0.355. The molecule has 0 spiro atoms. The van der Waals surface area contributed by atoms with Crippen LogP contribution in [0, 0.1) is 0 Å². The van der Waals surface area contributed by atoms with Gasteiger partial charge in [0.05, 0.1) is 27.2 Å². The maximum Gasteiger partial charge on any atom is 0.297 e. The summed E-state index contributed by atoms with van der Waals surface area (Å²) >= 11 is 1.40. The Labute approximate surface area is 192 Å². The molecule has 1 aliphatic heterocycles. The van der Waals surface area contributed by atoms with Gasteiger partial charge in [-0.15, -0.1) is 0 Å². The fourth-order valence-corrected chi connectivity index (χ4v) is 5.46. The lowest BCUT2D eigenvalue weighted by Crippen LogP contribution is -2.29. The van der Waals surface area contributed by atoms with Crippen LogP contribution in [0.1, 0.15) is 40.2 Å². The number of anilines is 1. The second kappa shape index (κ2) is 7.28. The van der Waals surface area contributed by atoms with Crippen LogP contribution in [0.15, 0.2) is 75.9 Å². The van der Waals surface area contributed by atoms with E-state index in [1.165, 1.54) is 21.8 Å². The number of aryl methyl sites for hydroxylation is 1. The standard InChI is InChI=1S/C26H18N2O4S/c1-2-14-10-11-18-20(12-14)33-26(27-18)28-22(15-6-5-7-16(29)13-15)21-23(30)17-8-3-4-9-19(17)32-24(21)25(28)31/h3-13,22,29H,2H2,1H3/t22-/m0/s1. The minimum atomic E-state index is -0.758. The van der Waals surface area contributed by atoms with Gasteiger partial charge < -0.3 is 9.52 Å². The quantitative estimate of drug-likeness (QED) is 0.394. The number of phenolic OH excluding ortho intramolecular Hbond substituents is 1. The maximum absolute atomic E-state index is 13.7. The lowest BCUT2D eigenvalue weighted by atomic mass is 9.98. The molecule has 1 atom stereocenters. The number of phenols is 1. The second-order valence-corrected chi connectivity index (χ2v) is 9.00. The molecule has 0 saturated carbocycles. The number of nitrogens with zero attached hydrogens (tertiary/aromatic N) is 2. The predicted octanol–water partition coefficient (Wildman–Crippen LogP) is 5.42. The molecule has 0 saturated heterocycles. The molecule has 162 valence electrons. The first-order valence-corrected chi connectivity index (χ1v) is 11.4. The zero-order valence-electron chi connectivity index (χ0n) is 17.6. The van der Waals surface area contributed by atoms with Gasteiger partial charge in [0.25, 0.3) is 5.91 Å². The van der Waals surface area contributed by atoms with Gasteiger partial charge in [0.2, 0.25) is 5.76 Å². The van der Waals surface area contributed by atoms with Gasteiger partial charge in [-0.1, -0.05) is 48.6 Å². The van der Waals surface area contributed by atoms with E-state index < -0.39 is 11.9 Å². The van der Waals surface area contributed by atoms with Crippen molar-refractivity contribution in [2.75, 3.05) is 4.90 Å². The number of fused-ring (bicyclic) bond motifs is 3. The van der Waals surface area contributed by atoms with Gasteiger partial charge in [-0.2, -0.15) is 0 Å². The molecule has 3 heterocycles. The van der Waals surface area contributed by atoms with Crippen molar-refractivity contribution in [1.29, 1.82) is 0 Å². The molecule has 1 amide bonds. The third kappa shape index (κ3) is 2.97. The van der Waals surface area contributed by atoms with Gasteiger partial charge in [0.15, 0.2) is 10.6 Å². The molecule has 6 nitrogen and oxygen atoms in total. The van der Waals surface area contributed by atoms with Crippen molar-refractivity contribution < 1.29 is 14.3 Å². The van der Waals surface area contributed by atoms with E-state index in [9.17, 15) is 14.7 Å². The number of para-hydroxylation sites is 1. The van der Waals surface area contributed by atoms with Gasteiger partial charge in [-0.05, 0) is 53.9 Å². The first kappa shape index (κ1) is 19.7. The minimum absolute atomic E-state index is 0.0144. The normalized spacial score (nSPS) is 15.5. The zero-order valence-corrected chi connectivity index (χ0v) is 18.4. The molecular formula is C26H18N2O4S. The topological polar surface area (TPSA) is 83.6 Å². The SMILES string of the molecule is CCc1ccc2nc(N3C(=O)c4oc5ccccc5c(=O)c4[C@@H]3c3cccc(O)c3)sc2c1. The van der Waals surface area contributed by atoms with Crippen molar-refractivity contribution in [3.05, 3.63) is 99.4 Å². The van der Waals surface area contributed by atoms with Crippen molar-refractivity contribution in [1.82, 2.24) is 4.98 Å². The Morgan fingerprint density at radius 2 is 1.91 bits per heavy atom. The summed E-state index contributed by atoms with van der Waals surface area (Å²) in [5, 5.41) is 11.0. The highest BCUT2D eigenvalue weighted by Crippen LogP contribution is 2.44. The van der Waals surface area contributed by atoms with Crippen LogP contribution in [0.25, 0.3) is 21.2 Å². The highest BCUT2D eigenvalue weighted by molar-refractivity contribution is 7.22. The lowest BCUT2D eigenvalue weighted by Gasteiger charge is -2.22. The van der Waals surface area contributed by atoms with Crippen LogP contribution in [-0.2, 0) is 6.42 Å². The summed E-state index contributed by atoms with van der Waals surface area (Å²) in [6.07, 6.45) is 0.897. The third-order valence-corrected chi connectivity index (χ3v) is 7.04. The predicted molar refractivity (Wildman–Crippen MR) is 128 cm³/mol. The number of hydrogen-bond donors (Lipinski definition) is 1. The van der Waals surface area contributed by atoms with Crippen LogP contribution in [0.3, 0.4) is 0 Å². The van der Waals surface area contributed by atoms with Crippen LogP contribution >= 0.6 is 11.3 Å². The van der Waals surface area contributed by atoms with E-state index in [0.29, 0.717) is 21.7 Å². The Bertz CT molecular complexity index is 1640. The van der Waals surface area contributed by atoms with Gasteiger partial charge >= 0.3 is 0 Å². The number of rotatable bonds is 3. The Morgan fingerprint density at radius 1 is 1.06 bits per heavy atom. The molecule has 2 aromatic heterocycles. The summed E-state index contributed by atoms with van der Waals surface area (Å²) in [6, 6.07) is 18.8. The van der Waals surface area contributed by atoms with Crippen LogP contribution in [0.2, 0.25) is 0 Å². The molecule has 7 heteroatoms. The molecule has 1 aliphatic rings. The Balaban J connectivity index is 1.63. The minimum Gasteiger partial charge on any atom is -0.508 e. The molecule has 5 aromatic rings. The summed E-state index contributed by atoms with van der Waals surface area (Å²) in [7, 11) is 0. The van der Waals surface area contributed by atoms with Crippen LogP contribution < -0.4 is 10.3 Å². The summed E-state index contributed by atoms with van der Waals surface area (Å²) in [5.41, 5.74) is 2.95. The molecule has 0 radical (unpaired) electrons. The Hall–Kier alpha value is -3.97. The molecule has 1 N–H and O–H groups in total. The maximum atomic E-state index is 13.7. The number of amides is 1. The number of aromatic nitrogens is 1. The van der Waals surface area contributed by atoms with Crippen molar-refractivity contribution in [3.63, 3.8) is 0 Å². The van der Waals surface area contributed by atoms with E-state index in [-0.39, 0.29) is 22.5 Å². The third-order valence-electron chi connectivity index (χ3n) is 6.02. The van der Waals surface area contributed by atoms with Crippen molar-refractivity contribution in [2.24, 2.45) is 0 Å². The van der Waals surface area contributed by atoms with E-state index in [1.807, 2.05) is 12.1 Å². The Kier molecular flexibility index (Phi) is 4.35. The summed E-state index contributed by atoms with van der Waals surface area (Å²) < 4.78 is 6.93. The number of thiazole rings is 1. The summed E-state index contributed by atoms with van der Waals surface area (Å²) in [4.78, 5) is 33.4. The van der Waals surface area contributed by atoms with Crippen molar-refractivity contribution >= 4 is 43.6 Å². The largest absolute Gasteiger partial charge is 0.508 e. The smallest absolute Gasteiger partial charge is 0.297 e. The number of carbonyl (C=O) groups is 1. The van der Waals surface area contributed by atoms with Crippen LogP contribution in [0.5, 0.6) is 5.75 Å². The molecule has 3 aromatic carbocycles. The lowest BCUT2D eigenvalue weighted by molar-refractivity contribution is 0.0971. The van der Waals surface area contributed by atoms with Gasteiger partial charge in [0.1, 0.15) is 11.3 Å². The molecular weight excluding hydrogens is 436 g/mol. The zero-order chi connectivity index (χ0) is 22.7. The van der Waals surface area contributed by atoms with Gasteiger partial charge in [-0.3, -0.25) is 14.5 Å². The molecule has 33 heavy (non-hydrogen) atoms. The average Bonchev–Trinajstić information content (AvgIpc) is 3.37. The van der Waals surface area contributed by atoms with E-state index >= 15 is 0 Å². The van der Waals surface area contributed by atoms with E-state index in [0.717, 1.165) is 16.6 Å². The fraction of sp³-hybridized carbons (Fsp3) is 0.115. The number of carbonyl (C=O) groups excluding carboxylic acids is 1. The molecule has 0 aliphatic carbocycles. The fourth-order valence-electron chi connectivity index (χ4n) is 4.41. The van der Waals surface area contributed by atoms with Gasteiger partial charge in [0, 0.05) is 0 Å². The van der Waals surface area contributed by atoms with E-state index in [2.05, 4.69) is 13.0 Å². The monoisotopic (exact) mass is 454 g/mol. The molecule has 6 rings (SSSR count). The van der Waals surface area contributed by atoms with Crippen molar-refractivity contribution in [3.8, 4) is 5.75 Å². The van der Waals surface area contributed by atoms with Crippen LogP contribution in [-0.4, -0.2) is 16.0 Å². The highest BCUT2D eigenvalue weighted by atomic mass is 32.1. The second-order valence-electron chi connectivity index (χ2n) is 7.99. The van der Waals surface area contributed by atoms with Gasteiger partial charge in [-0.25, -0.2) is 4.98 Å². The Morgan fingerprint density at radius 3 is 2.73 bits per heavy atom. The molecule has 0 unspecified atom stereocenters. The average molecular weight is 455 g/mol. The molecule has 0 fully saturated rings. The molecule has 0 bridgehead atoms. The number of hydrogen-bond acceptors (Lipinski definition) is 6. The summed E-state index contributed by atoms with van der Waals surface area (Å²) in [6.45, 7) is 2.09. The number of aromatic hydroxyl groups is 1. The number of benzene rings is 3. The first-order valence-electron chi connectivity index (χ1n) is 10.6. The van der Waals surface area contributed by atoms with E-state index in [4.69, 9.17) is 9.40 Å².